The standard InChI is InChI=1S/C14H9BrO/c1-9-11-4-2-3-5-13(11)16-14-7-6-10(15)8-12(9)14/h2-8H,1H2. The Bertz CT molecular complexity index is 587. The molecule has 0 saturated carbocycles. The lowest BCUT2D eigenvalue weighted by Crippen LogP contribution is -2.01. The quantitative estimate of drug-likeness (QED) is 0.581. The van der Waals surface area contributed by atoms with Crippen molar-refractivity contribution in [1.29, 1.82) is 0 Å². The van der Waals surface area contributed by atoms with Gasteiger partial charge in [-0.1, -0.05) is 40.7 Å². The molecule has 0 aromatic heterocycles. The van der Waals surface area contributed by atoms with Crippen molar-refractivity contribution < 1.29 is 4.74 Å². The van der Waals surface area contributed by atoms with E-state index < -0.39 is 0 Å². The maximum absolute atomic E-state index is 5.82. The maximum atomic E-state index is 5.82. The normalized spacial score (nSPS) is 12.7. The number of halogens is 1. The summed E-state index contributed by atoms with van der Waals surface area (Å²) in [6.07, 6.45) is 0. The van der Waals surface area contributed by atoms with Gasteiger partial charge in [-0.15, -0.1) is 0 Å². The smallest absolute Gasteiger partial charge is 0.135 e. The molecule has 0 radical (unpaired) electrons. The Hall–Kier alpha value is -1.54. The molecule has 2 heteroatoms. The van der Waals surface area contributed by atoms with Crippen LogP contribution in [-0.2, 0) is 0 Å². The van der Waals surface area contributed by atoms with Crippen LogP contribution in [0.25, 0.3) is 5.57 Å². The first-order valence-corrected chi connectivity index (χ1v) is 5.81. The molecular formula is C14H9BrO. The summed E-state index contributed by atoms with van der Waals surface area (Å²) in [7, 11) is 0. The summed E-state index contributed by atoms with van der Waals surface area (Å²) in [5.74, 6) is 1.74. The number of fused-ring (bicyclic) bond motifs is 2. The van der Waals surface area contributed by atoms with Gasteiger partial charge in [0.1, 0.15) is 11.5 Å². The summed E-state index contributed by atoms with van der Waals surface area (Å²) in [6.45, 7) is 4.14. The molecule has 0 atom stereocenters. The molecule has 0 saturated heterocycles. The number of para-hydroxylation sites is 1. The third-order valence-electron chi connectivity index (χ3n) is 2.70. The van der Waals surface area contributed by atoms with Gasteiger partial charge >= 0.3 is 0 Å². The molecule has 2 aromatic rings. The minimum absolute atomic E-state index is 0.868. The van der Waals surface area contributed by atoms with Crippen LogP contribution < -0.4 is 4.74 Å². The van der Waals surface area contributed by atoms with Crippen LogP contribution in [0, 0.1) is 0 Å². The van der Waals surface area contributed by atoms with Gasteiger partial charge < -0.3 is 4.74 Å². The van der Waals surface area contributed by atoms with Crippen LogP contribution in [0.4, 0.5) is 0 Å². The van der Waals surface area contributed by atoms with E-state index >= 15 is 0 Å². The first-order chi connectivity index (χ1) is 7.75. The highest BCUT2D eigenvalue weighted by Gasteiger charge is 2.19. The van der Waals surface area contributed by atoms with Crippen molar-refractivity contribution >= 4 is 21.5 Å². The van der Waals surface area contributed by atoms with Gasteiger partial charge in [0.2, 0.25) is 0 Å². The van der Waals surface area contributed by atoms with Crippen LogP contribution in [0.15, 0.2) is 53.5 Å². The molecule has 1 nitrogen and oxygen atoms in total. The monoisotopic (exact) mass is 272 g/mol. The molecule has 16 heavy (non-hydrogen) atoms. The average molecular weight is 273 g/mol. The van der Waals surface area contributed by atoms with E-state index in [2.05, 4.69) is 22.5 Å². The van der Waals surface area contributed by atoms with E-state index in [0.717, 1.165) is 32.7 Å². The summed E-state index contributed by atoms with van der Waals surface area (Å²) >= 11 is 3.46. The second kappa shape index (κ2) is 3.49. The van der Waals surface area contributed by atoms with Crippen LogP contribution in [0.2, 0.25) is 0 Å². The molecule has 1 aliphatic rings. The van der Waals surface area contributed by atoms with Gasteiger partial charge in [0.15, 0.2) is 0 Å². The summed E-state index contributed by atoms with van der Waals surface area (Å²) in [6, 6.07) is 13.9. The van der Waals surface area contributed by atoms with Crippen LogP contribution >= 0.6 is 15.9 Å². The fourth-order valence-corrected chi connectivity index (χ4v) is 2.26. The molecule has 2 aromatic carbocycles. The Morgan fingerprint density at radius 2 is 1.69 bits per heavy atom. The third-order valence-corrected chi connectivity index (χ3v) is 3.19. The highest BCUT2D eigenvalue weighted by molar-refractivity contribution is 9.10. The lowest BCUT2D eigenvalue weighted by Gasteiger charge is -2.22. The van der Waals surface area contributed by atoms with E-state index in [-0.39, 0.29) is 0 Å². The number of benzene rings is 2. The minimum atomic E-state index is 0.868. The SMILES string of the molecule is C=C1c2ccccc2Oc2ccc(Br)cc21. The van der Waals surface area contributed by atoms with E-state index in [1.54, 1.807) is 0 Å². The van der Waals surface area contributed by atoms with Crippen molar-refractivity contribution in [2.45, 2.75) is 0 Å². The Morgan fingerprint density at radius 1 is 0.938 bits per heavy atom. The second-order valence-electron chi connectivity index (χ2n) is 3.72. The molecule has 1 aliphatic heterocycles. The van der Waals surface area contributed by atoms with Crippen molar-refractivity contribution in [3.05, 3.63) is 64.6 Å². The largest absolute Gasteiger partial charge is 0.456 e. The van der Waals surface area contributed by atoms with Crippen molar-refractivity contribution in [2.75, 3.05) is 0 Å². The first-order valence-electron chi connectivity index (χ1n) is 5.02. The Morgan fingerprint density at radius 3 is 2.56 bits per heavy atom. The second-order valence-corrected chi connectivity index (χ2v) is 4.63. The molecule has 1 heterocycles. The molecule has 0 bridgehead atoms. The molecular weight excluding hydrogens is 264 g/mol. The van der Waals surface area contributed by atoms with Gasteiger partial charge in [0.05, 0.1) is 0 Å². The van der Waals surface area contributed by atoms with Crippen LogP contribution in [-0.4, -0.2) is 0 Å². The summed E-state index contributed by atoms with van der Waals surface area (Å²) in [5, 5.41) is 0. The highest BCUT2D eigenvalue weighted by atomic mass is 79.9. The molecule has 0 aliphatic carbocycles. The lowest BCUT2D eigenvalue weighted by atomic mass is 9.96. The fourth-order valence-electron chi connectivity index (χ4n) is 1.90. The molecule has 3 rings (SSSR count). The number of hydrogen-bond donors (Lipinski definition) is 0. The van der Waals surface area contributed by atoms with Crippen molar-refractivity contribution in [3.63, 3.8) is 0 Å². The first kappa shape index (κ1) is 9.67. The van der Waals surface area contributed by atoms with Gasteiger partial charge in [-0.2, -0.15) is 0 Å². The van der Waals surface area contributed by atoms with E-state index in [1.165, 1.54) is 0 Å². The van der Waals surface area contributed by atoms with Crippen LogP contribution in [0.5, 0.6) is 11.5 Å². The lowest BCUT2D eigenvalue weighted by molar-refractivity contribution is 0.474. The zero-order valence-corrected chi connectivity index (χ0v) is 10.1. The van der Waals surface area contributed by atoms with Crippen LogP contribution in [0.1, 0.15) is 11.1 Å². The van der Waals surface area contributed by atoms with Gasteiger partial charge in [0, 0.05) is 15.6 Å². The van der Waals surface area contributed by atoms with E-state index in [9.17, 15) is 0 Å². The Balaban J connectivity index is 2.23. The molecule has 0 amide bonds. The predicted molar refractivity (Wildman–Crippen MR) is 68.8 cm³/mol. The van der Waals surface area contributed by atoms with Gasteiger partial charge in [-0.3, -0.25) is 0 Å². The van der Waals surface area contributed by atoms with Crippen molar-refractivity contribution in [2.24, 2.45) is 0 Å². The van der Waals surface area contributed by atoms with E-state index in [1.807, 2.05) is 42.5 Å². The Kier molecular flexibility index (Phi) is 2.11. The number of rotatable bonds is 0. The predicted octanol–water partition coefficient (Wildman–Crippen LogP) is 4.62. The topological polar surface area (TPSA) is 9.23 Å². The molecule has 0 fully saturated rings. The van der Waals surface area contributed by atoms with Gasteiger partial charge in [0.25, 0.3) is 0 Å². The average Bonchev–Trinajstić information content (AvgIpc) is 2.31. The zero-order chi connectivity index (χ0) is 11.1. The van der Waals surface area contributed by atoms with Gasteiger partial charge in [-0.25, -0.2) is 0 Å². The summed E-state index contributed by atoms with van der Waals surface area (Å²) in [5.41, 5.74) is 3.12. The number of hydrogen-bond acceptors (Lipinski definition) is 1. The van der Waals surface area contributed by atoms with Crippen LogP contribution in [0.3, 0.4) is 0 Å². The van der Waals surface area contributed by atoms with Crippen molar-refractivity contribution in [1.82, 2.24) is 0 Å². The molecule has 0 N–H and O–H groups in total. The maximum Gasteiger partial charge on any atom is 0.135 e. The molecule has 0 spiro atoms. The number of ether oxygens (including phenoxy) is 1. The highest BCUT2D eigenvalue weighted by Crippen LogP contribution is 2.43. The molecule has 78 valence electrons. The zero-order valence-electron chi connectivity index (χ0n) is 8.53. The summed E-state index contributed by atoms with van der Waals surface area (Å²) in [4.78, 5) is 0. The third kappa shape index (κ3) is 1.38. The Labute approximate surface area is 103 Å². The fraction of sp³-hybridized carbons (Fsp3) is 0. The van der Waals surface area contributed by atoms with Gasteiger partial charge in [-0.05, 0) is 29.8 Å². The summed E-state index contributed by atoms with van der Waals surface area (Å²) < 4.78 is 6.86. The van der Waals surface area contributed by atoms with E-state index in [4.69, 9.17) is 4.74 Å². The minimum Gasteiger partial charge on any atom is -0.456 e. The van der Waals surface area contributed by atoms with Crippen molar-refractivity contribution in [3.8, 4) is 11.5 Å². The van der Waals surface area contributed by atoms with E-state index in [0.29, 0.717) is 0 Å². The molecule has 0 unspecified atom stereocenters.